The predicted molar refractivity (Wildman–Crippen MR) is 77.7 cm³/mol. The molecule has 1 aliphatic rings. The van der Waals surface area contributed by atoms with Gasteiger partial charge in [0.15, 0.2) is 0 Å². The molecule has 2 rings (SSSR count). The number of nitrogens with one attached hydrogen (secondary N) is 1. The van der Waals surface area contributed by atoms with Crippen LogP contribution in [-0.4, -0.2) is 26.9 Å². The van der Waals surface area contributed by atoms with E-state index in [-0.39, 0.29) is 5.60 Å². The maximum Gasteiger partial charge on any atom is 0.119 e. The maximum atomic E-state index is 5.75. The van der Waals surface area contributed by atoms with Gasteiger partial charge in [0.25, 0.3) is 0 Å². The van der Waals surface area contributed by atoms with Gasteiger partial charge in [-0.15, -0.1) is 0 Å². The third kappa shape index (κ3) is 2.93. The SMILES string of the molecule is CNC(CC1(OC)CCC1)c1ccc(OC)cc1C. The zero-order valence-electron chi connectivity index (χ0n) is 12.5. The summed E-state index contributed by atoms with van der Waals surface area (Å²) in [5, 5.41) is 3.43. The van der Waals surface area contributed by atoms with Crippen molar-refractivity contribution >= 4 is 0 Å². The largest absolute Gasteiger partial charge is 0.497 e. The highest BCUT2D eigenvalue weighted by molar-refractivity contribution is 5.37. The first-order valence-corrected chi connectivity index (χ1v) is 7.01. The first kappa shape index (κ1) is 14.4. The minimum atomic E-state index is 0.0834. The van der Waals surface area contributed by atoms with Crippen molar-refractivity contribution in [2.24, 2.45) is 0 Å². The van der Waals surface area contributed by atoms with Crippen LogP contribution >= 0.6 is 0 Å². The van der Waals surface area contributed by atoms with Gasteiger partial charge in [0, 0.05) is 13.2 Å². The summed E-state index contributed by atoms with van der Waals surface area (Å²) in [7, 11) is 5.57. The highest BCUT2D eigenvalue weighted by Gasteiger charge is 2.39. The third-order valence-corrected chi connectivity index (χ3v) is 4.47. The van der Waals surface area contributed by atoms with Gasteiger partial charge in [0.1, 0.15) is 5.75 Å². The first-order chi connectivity index (χ1) is 9.14. The lowest BCUT2D eigenvalue weighted by Crippen LogP contribution is -2.42. The van der Waals surface area contributed by atoms with E-state index in [0.29, 0.717) is 6.04 Å². The van der Waals surface area contributed by atoms with E-state index in [9.17, 15) is 0 Å². The Bertz CT molecular complexity index is 421. The zero-order chi connectivity index (χ0) is 13.9. The highest BCUT2D eigenvalue weighted by Crippen LogP contribution is 2.42. The molecule has 0 spiro atoms. The van der Waals surface area contributed by atoms with E-state index in [1.165, 1.54) is 30.4 Å². The van der Waals surface area contributed by atoms with Gasteiger partial charge < -0.3 is 14.8 Å². The first-order valence-electron chi connectivity index (χ1n) is 7.01. The summed E-state index contributed by atoms with van der Waals surface area (Å²) in [4.78, 5) is 0. The van der Waals surface area contributed by atoms with Crippen molar-refractivity contribution in [3.05, 3.63) is 29.3 Å². The second-order valence-corrected chi connectivity index (χ2v) is 5.51. The van der Waals surface area contributed by atoms with Crippen LogP contribution in [0.5, 0.6) is 5.75 Å². The van der Waals surface area contributed by atoms with E-state index >= 15 is 0 Å². The van der Waals surface area contributed by atoms with Crippen LogP contribution in [0.25, 0.3) is 0 Å². The summed E-state index contributed by atoms with van der Waals surface area (Å²) < 4.78 is 11.0. The monoisotopic (exact) mass is 263 g/mol. The van der Waals surface area contributed by atoms with Gasteiger partial charge in [-0.3, -0.25) is 0 Å². The Morgan fingerprint density at radius 1 is 1.32 bits per heavy atom. The molecular weight excluding hydrogens is 238 g/mol. The van der Waals surface area contributed by atoms with E-state index < -0.39 is 0 Å². The summed E-state index contributed by atoms with van der Waals surface area (Å²) in [6, 6.07) is 6.63. The summed E-state index contributed by atoms with van der Waals surface area (Å²) >= 11 is 0. The quantitative estimate of drug-likeness (QED) is 0.855. The fraction of sp³-hybridized carbons (Fsp3) is 0.625. The van der Waals surface area contributed by atoms with Crippen LogP contribution in [0.2, 0.25) is 0 Å². The van der Waals surface area contributed by atoms with Crippen LogP contribution in [0.4, 0.5) is 0 Å². The van der Waals surface area contributed by atoms with Gasteiger partial charge in [-0.05, 0) is 62.9 Å². The zero-order valence-corrected chi connectivity index (χ0v) is 12.5. The van der Waals surface area contributed by atoms with Gasteiger partial charge in [0.2, 0.25) is 0 Å². The van der Waals surface area contributed by atoms with Gasteiger partial charge in [-0.2, -0.15) is 0 Å². The molecule has 0 radical (unpaired) electrons. The van der Waals surface area contributed by atoms with Crippen LogP contribution in [0.1, 0.15) is 42.9 Å². The van der Waals surface area contributed by atoms with Gasteiger partial charge >= 0.3 is 0 Å². The average Bonchev–Trinajstić information content (AvgIpc) is 2.39. The number of hydrogen-bond donors (Lipinski definition) is 1. The number of methoxy groups -OCH3 is 2. The fourth-order valence-corrected chi connectivity index (χ4v) is 2.97. The molecule has 0 aliphatic heterocycles. The minimum absolute atomic E-state index is 0.0834. The van der Waals surface area contributed by atoms with E-state index in [1.54, 1.807) is 7.11 Å². The van der Waals surface area contributed by atoms with Crippen molar-refractivity contribution in [3.8, 4) is 5.75 Å². The molecule has 1 unspecified atom stereocenters. The Morgan fingerprint density at radius 2 is 2.05 bits per heavy atom. The second kappa shape index (κ2) is 5.93. The molecule has 0 heterocycles. The van der Waals surface area contributed by atoms with Crippen molar-refractivity contribution in [2.75, 3.05) is 21.3 Å². The molecule has 1 fully saturated rings. The van der Waals surface area contributed by atoms with Crippen LogP contribution in [-0.2, 0) is 4.74 Å². The van der Waals surface area contributed by atoms with Crippen LogP contribution in [0.15, 0.2) is 18.2 Å². The minimum Gasteiger partial charge on any atom is -0.497 e. The Labute approximate surface area is 116 Å². The van der Waals surface area contributed by atoms with Crippen LogP contribution < -0.4 is 10.1 Å². The average molecular weight is 263 g/mol. The van der Waals surface area contributed by atoms with Crippen molar-refractivity contribution in [1.82, 2.24) is 5.32 Å². The predicted octanol–water partition coefficient (Wildman–Crippen LogP) is 3.22. The molecule has 0 aromatic heterocycles. The third-order valence-electron chi connectivity index (χ3n) is 4.47. The topological polar surface area (TPSA) is 30.5 Å². The van der Waals surface area contributed by atoms with Crippen LogP contribution in [0.3, 0.4) is 0 Å². The summed E-state index contributed by atoms with van der Waals surface area (Å²) in [5.74, 6) is 0.918. The normalized spacial score (nSPS) is 18.7. The molecule has 1 aromatic carbocycles. The number of hydrogen-bond acceptors (Lipinski definition) is 3. The highest BCUT2D eigenvalue weighted by atomic mass is 16.5. The molecule has 19 heavy (non-hydrogen) atoms. The lowest BCUT2D eigenvalue weighted by Gasteiger charge is -2.43. The molecule has 3 nitrogen and oxygen atoms in total. The maximum absolute atomic E-state index is 5.75. The molecule has 1 aromatic rings. The lowest BCUT2D eigenvalue weighted by atomic mass is 9.74. The second-order valence-electron chi connectivity index (χ2n) is 5.51. The van der Waals surface area contributed by atoms with Gasteiger partial charge in [0.05, 0.1) is 12.7 Å². The van der Waals surface area contributed by atoms with Gasteiger partial charge in [-0.1, -0.05) is 6.07 Å². The molecule has 1 atom stereocenters. The van der Waals surface area contributed by atoms with Crippen molar-refractivity contribution in [3.63, 3.8) is 0 Å². The van der Waals surface area contributed by atoms with E-state index in [0.717, 1.165) is 12.2 Å². The molecule has 3 heteroatoms. The molecule has 0 saturated heterocycles. The number of ether oxygens (including phenoxy) is 2. The van der Waals surface area contributed by atoms with Crippen molar-refractivity contribution < 1.29 is 9.47 Å². The van der Waals surface area contributed by atoms with E-state index in [2.05, 4.69) is 24.4 Å². The molecule has 1 N–H and O–H groups in total. The number of benzene rings is 1. The molecule has 0 amide bonds. The molecule has 1 saturated carbocycles. The summed E-state index contributed by atoms with van der Waals surface area (Å²) in [6.45, 7) is 2.14. The smallest absolute Gasteiger partial charge is 0.119 e. The van der Waals surface area contributed by atoms with Crippen LogP contribution in [0, 0.1) is 6.92 Å². The Kier molecular flexibility index (Phi) is 4.48. The lowest BCUT2D eigenvalue weighted by molar-refractivity contribution is -0.0834. The standard InChI is InChI=1S/C16H25NO2/c1-12-10-13(18-3)6-7-14(12)15(17-2)11-16(19-4)8-5-9-16/h6-7,10,15,17H,5,8-9,11H2,1-4H3. The van der Waals surface area contributed by atoms with E-state index in [1.807, 2.05) is 20.2 Å². The van der Waals surface area contributed by atoms with E-state index in [4.69, 9.17) is 9.47 Å². The molecule has 1 aliphatic carbocycles. The number of rotatable bonds is 6. The molecular formula is C16H25NO2. The van der Waals surface area contributed by atoms with Gasteiger partial charge in [-0.25, -0.2) is 0 Å². The molecule has 0 bridgehead atoms. The Hall–Kier alpha value is -1.06. The van der Waals surface area contributed by atoms with Crippen molar-refractivity contribution in [2.45, 2.75) is 44.2 Å². The molecule has 106 valence electrons. The number of aryl methyl sites for hydroxylation is 1. The summed E-state index contributed by atoms with van der Waals surface area (Å²) in [6.07, 6.45) is 4.67. The van der Waals surface area contributed by atoms with Crippen molar-refractivity contribution in [1.29, 1.82) is 0 Å². The Balaban J connectivity index is 2.17. The fourth-order valence-electron chi connectivity index (χ4n) is 2.97. The Morgan fingerprint density at radius 3 is 2.47 bits per heavy atom. The summed E-state index contributed by atoms with van der Waals surface area (Å²) in [5.41, 5.74) is 2.69.